The van der Waals surface area contributed by atoms with E-state index >= 15 is 0 Å². The van der Waals surface area contributed by atoms with Gasteiger partial charge in [-0.15, -0.1) is 0 Å². The largest absolute Gasteiger partial charge is 0.504 e. The Morgan fingerprint density at radius 2 is 1.47 bits per heavy atom. The van der Waals surface area contributed by atoms with Crippen molar-refractivity contribution >= 4 is 16.9 Å². The third-order valence-electron chi connectivity index (χ3n) is 6.06. The Hall–Kier alpha value is -3.32. The summed E-state index contributed by atoms with van der Waals surface area (Å²) >= 11 is 0. The lowest BCUT2D eigenvalue weighted by Crippen LogP contribution is -2.27. The van der Waals surface area contributed by atoms with Crippen molar-refractivity contribution in [3.63, 3.8) is 0 Å². The van der Waals surface area contributed by atoms with Crippen LogP contribution in [-0.4, -0.2) is 41.2 Å². The fraction of sp³-hybridized carbons (Fsp3) is 0.448. The van der Waals surface area contributed by atoms with Gasteiger partial charge in [-0.3, -0.25) is 9.59 Å². The number of hydrogen-bond acceptors (Lipinski definition) is 6. The number of phenolic OH excluding ortho intramolecular Hbond substituents is 2. The van der Waals surface area contributed by atoms with Gasteiger partial charge in [-0.05, 0) is 43.7 Å². The molecule has 3 rings (SSSR count). The van der Waals surface area contributed by atoms with Gasteiger partial charge in [0, 0.05) is 30.8 Å². The van der Waals surface area contributed by atoms with Gasteiger partial charge in [0.15, 0.2) is 16.8 Å². The van der Waals surface area contributed by atoms with Gasteiger partial charge < -0.3 is 25.3 Å². The van der Waals surface area contributed by atoms with Crippen molar-refractivity contribution in [2.45, 2.75) is 65.2 Å². The van der Waals surface area contributed by atoms with Gasteiger partial charge in [0.1, 0.15) is 5.76 Å². The van der Waals surface area contributed by atoms with Crippen LogP contribution in [0.3, 0.4) is 0 Å². The first-order chi connectivity index (χ1) is 17.4. The van der Waals surface area contributed by atoms with Gasteiger partial charge in [0.2, 0.25) is 5.75 Å². The first-order valence-electron chi connectivity index (χ1n) is 13.0. The molecule has 1 amide bonds. The Labute approximate surface area is 213 Å². The molecule has 1 aromatic heterocycles. The van der Waals surface area contributed by atoms with Gasteiger partial charge in [-0.1, -0.05) is 64.5 Å². The number of fused-ring (bicyclic) bond motifs is 1. The second kappa shape index (κ2) is 14.9. The van der Waals surface area contributed by atoms with Crippen molar-refractivity contribution in [2.24, 2.45) is 5.73 Å². The quantitative estimate of drug-likeness (QED) is 0.208. The Morgan fingerprint density at radius 1 is 0.889 bits per heavy atom. The molecule has 3 aromatic rings. The lowest BCUT2D eigenvalue weighted by Gasteiger charge is -2.17. The monoisotopic (exact) mass is 496 g/mol. The zero-order valence-electron chi connectivity index (χ0n) is 21.8. The standard InChI is InChI=1S/C27H34N2O5.C2H6/c1-29(17-9-7-5-3-2-4-6-8-16-28)27(33)20-12-10-19(11-13-20)24-18-23(31)21-14-15-22(30)25(32)26(21)34-24;1-2/h10-15,18,30,32H,2-9,16-17,28H2,1H3;1-2H3. The van der Waals surface area contributed by atoms with Crippen molar-refractivity contribution in [2.75, 3.05) is 20.1 Å². The van der Waals surface area contributed by atoms with E-state index in [1.165, 1.54) is 50.3 Å². The van der Waals surface area contributed by atoms with E-state index in [1.807, 2.05) is 13.8 Å². The molecule has 0 atom stereocenters. The van der Waals surface area contributed by atoms with E-state index in [4.69, 9.17) is 10.2 Å². The second-order valence-corrected chi connectivity index (χ2v) is 8.71. The number of rotatable bonds is 12. The Morgan fingerprint density at radius 3 is 2.08 bits per heavy atom. The topological polar surface area (TPSA) is 117 Å². The zero-order valence-corrected chi connectivity index (χ0v) is 21.8. The first-order valence-corrected chi connectivity index (χ1v) is 13.0. The molecular weight excluding hydrogens is 456 g/mol. The summed E-state index contributed by atoms with van der Waals surface area (Å²) in [5.74, 6) is -0.652. The summed E-state index contributed by atoms with van der Waals surface area (Å²) in [6.07, 6.45) is 9.32. The molecule has 196 valence electrons. The molecule has 0 unspecified atom stereocenters. The van der Waals surface area contributed by atoms with Crippen LogP contribution in [0.15, 0.2) is 51.7 Å². The van der Waals surface area contributed by atoms with Crippen LogP contribution >= 0.6 is 0 Å². The number of amides is 1. The summed E-state index contributed by atoms with van der Waals surface area (Å²) in [5.41, 5.74) is 6.25. The summed E-state index contributed by atoms with van der Waals surface area (Å²) < 4.78 is 5.69. The number of nitrogens with two attached hydrogens (primary N) is 1. The molecule has 0 aliphatic rings. The molecule has 4 N–H and O–H groups in total. The third-order valence-corrected chi connectivity index (χ3v) is 6.06. The van der Waals surface area contributed by atoms with Crippen LogP contribution < -0.4 is 11.2 Å². The van der Waals surface area contributed by atoms with Gasteiger partial charge in [0.25, 0.3) is 5.91 Å². The van der Waals surface area contributed by atoms with Crippen molar-refractivity contribution < 1.29 is 19.4 Å². The van der Waals surface area contributed by atoms with Gasteiger partial charge in [-0.25, -0.2) is 0 Å². The number of benzene rings is 2. The van der Waals surface area contributed by atoms with Gasteiger partial charge >= 0.3 is 0 Å². The molecule has 0 saturated heterocycles. The summed E-state index contributed by atoms with van der Waals surface area (Å²) in [6, 6.07) is 10.8. The number of phenols is 2. The maximum absolute atomic E-state index is 12.8. The lowest BCUT2D eigenvalue weighted by atomic mass is 10.1. The van der Waals surface area contributed by atoms with E-state index in [1.54, 1.807) is 36.2 Å². The van der Waals surface area contributed by atoms with Crippen LogP contribution in [0.25, 0.3) is 22.3 Å². The summed E-state index contributed by atoms with van der Waals surface area (Å²) in [7, 11) is 1.81. The zero-order chi connectivity index (χ0) is 26.5. The normalized spacial score (nSPS) is 10.7. The smallest absolute Gasteiger partial charge is 0.253 e. The predicted octanol–water partition coefficient (Wildman–Crippen LogP) is 6.05. The minimum atomic E-state index is -0.475. The van der Waals surface area contributed by atoms with Crippen LogP contribution in [-0.2, 0) is 0 Å². The molecule has 0 aliphatic carbocycles. The van der Waals surface area contributed by atoms with E-state index in [9.17, 15) is 19.8 Å². The number of hydrogen-bond donors (Lipinski definition) is 3. The first kappa shape index (κ1) is 28.9. The third kappa shape index (κ3) is 7.85. The van der Waals surface area contributed by atoms with E-state index in [-0.39, 0.29) is 33.8 Å². The van der Waals surface area contributed by atoms with Crippen molar-refractivity contribution in [1.29, 1.82) is 0 Å². The summed E-state index contributed by atoms with van der Waals surface area (Å²) in [5, 5.41) is 19.9. The van der Waals surface area contributed by atoms with Crippen molar-refractivity contribution in [3.05, 3.63) is 58.3 Å². The second-order valence-electron chi connectivity index (χ2n) is 8.71. The van der Waals surface area contributed by atoms with Crippen molar-refractivity contribution in [1.82, 2.24) is 4.90 Å². The predicted molar refractivity (Wildman–Crippen MR) is 146 cm³/mol. The maximum Gasteiger partial charge on any atom is 0.253 e. The number of aromatic hydroxyl groups is 2. The van der Waals surface area contributed by atoms with Crippen LogP contribution in [0, 0.1) is 0 Å². The molecule has 0 fully saturated rings. The molecule has 7 heteroatoms. The number of nitrogens with zero attached hydrogens (tertiary/aromatic N) is 1. The molecule has 0 bridgehead atoms. The SMILES string of the molecule is CC.CN(CCCCCCCCCCN)C(=O)c1ccc(-c2cc(=O)c3ccc(O)c(O)c3o2)cc1. The molecule has 0 radical (unpaired) electrons. The summed E-state index contributed by atoms with van der Waals surface area (Å²) in [6.45, 7) is 5.48. The highest BCUT2D eigenvalue weighted by molar-refractivity contribution is 5.94. The molecule has 2 aromatic carbocycles. The molecule has 1 heterocycles. The van der Waals surface area contributed by atoms with E-state index < -0.39 is 5.75 Å². The average Bonchev–Trinajstić information content (AvgIpc) is 2.90. The van der Waals surface area contributed by atoms with E-state index in [0.29, 0.717) is 17.7 Å². The molecule has 0 aliphatic heterocycles. The van der Waals surface area contributed by atoms with Crippen LogP contribution in [0.5, 0.6) is 11.5 Å². The molecule has 7 nitrogen and oxygen atoms in total. The van der Waals surface area contributed by atoms with Crippen LogP contribution in [0.2, 0.25) is 0 Å². The summed E-state index contributed by atoms with van der Waals surface area (Å²) in [4.78, 5) is 26.9. The highest BCUT2D eigenvalue weighted by Crippen LogP contribution is 2.34. The Bertz CT molecular complexity index is 1150. The molecule has 0 saturated carbocycles. The van der Waals surface area contributed by atoms with Gasteiger partial charge in [-0.2, -0.15) is 0 Å². The lowest BCUT2D eigenvalue weighted by molar-refractivity contribution is 0.0792. The maximum atomic E-state index is 12.8. The van der Waals surface area contributed by atoms with E-state index in [0.717, 1.165) is 25.8 Å². The molecule has 36 heavy (non-hydrogen) atoms. The molecule has 0 spiro atoms. The molecular formula is C29H40N2O5. The minimum absolute atomic E-state index is 0.0594. The fourth-order valence-electron chi connectivity index (χ4n) is 3.99. The Balaban J connectivity index is 0.00000222. The highest BCUT2D eigenvalue weighted by Gasteiger charge is 2.15. The average molecular weight is 497 g/mol. The minimum Gasteiger partial charge on any atom is -0.504 e. The van der Waals surface area contributed by atoms with Crippen molar-refractivity contribution in [3.8, 4) is 22.8 Å². The highest BCUT2D eigenvalue weighted by atomic mass is 16.4. The van der Waals surface area contributed by atoms with Gasteiger partial charge in [0.05, 0.1) is 5.39 Å². The number of carbonyl (C=O) groups is 1. The number of carbonyl (C=O) groups excluding carboxylic acids is 1. The van der Waals surface area contributed by atoms with Crippen LogP contribution in [0.4, 0.5) is 0 Å². The Kier molecular flexibility index (Phi) is 12.0. The van der Waals surface area contributed by atoms with E-state index in [2.05, 4.69) is 0 Å². The van der Waals surface area contributed by atoms with Crippen LogP contribution in [0.1, 0.15) is 75.6 Å². The number of unbranched alkanes of at least 4 members (excludes halogenated alkanes) is 7. The fourth-order valence-corrected chi connectivity index (χ4v) is 3.99.